The molecule has 2 fully saturated rings. The van der Waals surface area contributed by atoms with E-state index in [1.54, 1.807) is 0 Å². The predicted octanol–water partition coefficient (Wildman–Crippen LogP) is 2.36. The van der Waals surface area contributed by atoms with Gasteiger partial charge in [0.05, 0.1) is 12.7 Å². The number of rotatable bonds is 3. The van der Waals surface area contributed by atoms with Gasteiger partial charge in [0.25, 0.3) is 0 Å². The van der Waals surface area contributed by atoms with Gasteiger partial charge in [0.1, 0.15) is 0 Å². The van der Waals surface area contributed by atoms with Crippen LogP contribution in [0, 0.1) is 11.8 Å². The molecule has 1 aromatic rings. The molecule has 0 saturated heterocycles. The summed E-state index contributed by atoms with van der Waals surface area (Å²) in [6.07, 6.45) is 2.82. The molecule has 1 aromatic carbocycles. The second-order valence-electron chi connectivity index (χ2n) is 4.80. The van der Waals surface area contributed by atoms with Crippen molar-refractivity contribution in [1.29, 1.82) is 0 Å². The Bertz CT molecular complexity index is 331. The lowest BCUT2D eigenvalue weighted by Gasteiger charge is -2.14. The van der Waals surface area contributed by atoms with Gasteiger partial charge in [-0.1, -0.05) is 30.3 Å². The molecule has 0 amide bonds. The molecule has 0 aromatic heterocycles. The maximum absolute atomic E-state index is 5.89. The van der Waals surface area contributed by atoms with Crippen molar-refractivity contribution in [3.05, 3.63) is 35.9 Å². The van der Waals surface area contributed by atoms with E-state index in [-0.39, 0.29) is 12.4 Å². The molecular formula is C13H18ClNO. The minimum absolute atomic E-state index is 0. The zero-order valence-corrected chi connectivity index (χ0v) is 10.0. The maximum atomic E-state index is 5.89. The molecule has 0 radical (unpaired) electrons. The Hall–Kier alpha value is -0.570. The Morgan fingerprint density at radius 3 is 2.38 bits per heavy atom. The molecule has 0 bridgehead atoms. The van der Waals surface area contributed by atoms with Crippen LogP contribution in [0.4, 0.5) is 0 Å². The van der Waals surface area contributed by atoms with E-state index in [1.807, 2.05) is 6.07 Å². The molecule has 2 aliphatic rings. The molecule has 2 saturated carbocycles. The summed E-state index contributed by atoms with van der Waals surface area (Å²) in [5, 5.41) is 0. The third kappa shape index (κ3) is 2.24. The third-order valence-electron chi connectivity index (χ3n) is 3.80. The molecule has 2 aliphatic carbocycles. The van der Waals surface area contributed by atoms with Crippen molar-refractivity contribution in [2.24, 2.45) is 17.6 Å². The van der Waals surface area contributed by atoms with Gasteiger partial charge in [0.2, 0.25) is 0 Å². The number of hydrogen-bond acceptors (Lipinski definition) is 2. The predicted molar refractivity (Wildman–Crippen MR) is 66.5 cm³/mol. The summed E-state index contributed by atoms with van der Waals surface area (Å²) >= 11 is 0. The number of ether oxygens (including phenoxy) is 1. The van der Waals surface area contributed by atoms with E-state index in [4.69, 9.17) is 10.5 Å². The van der Waals surface area contributed by atoms with Crippen LogP contribution < -0.4 is 5.73 Å². The molecule has 3 heteroatoms. The molecule has 0 heterocycles. The van der Waals surface area contributed by atoms with Crippen molar-refractivity contribution in [1.82, 2.24) is 0 Å². The van der Waals surface area contributed by atoms with E-state index in [1.165, 1.54) is 18.4 Å². The summed E-state index contributed by atoms with van der Waals surface area (Å²) in [6.45, 7) is 0.750. The molecule has 2 unspecified atom stereocenters. The lowest BCUT2D eigenvalue weighted by molar-refractivity contribution is 0.0364. The van der Waals surface area contributed by atoms with Gasteiger partial charge in [-0.2, -0.15) is 0 Å². The topological polar surface area (TPSA) is 35.2 Å². The van der Waals surface area contributed by atoms with Gasteiger partial charge >= 0.3 is 0 Å². The molecule has 2 atom stereocenters. The van der Waals surface area contributed by atoms with Gasteiger partial charge in [0, 0.05) is 6.04 Å². The van der Waals surface area contributed by atoms with Gasteiger partial charge in [-0.05, 0) is 30.2 Å². The Morgan fingerprint density at radius 2 is 1.75 bits per heavy atom. The number of halogens is 1. The molecule has 2 nitrogen and oxygen atoms in total. The maximum Gasteiger partial charge on any atom is 0.0720 e. The molecular weight excluding hydrogens is 222 g/mol. The van der Waals surface area contributed by atoms with Crippen LogP contribution >= 0.6 is 12.4 Å². The SMILES string of the molecule is Cl.NC1C2CC(OCc3ccccc3)CC12. The summed E-state index contributed by atoms with van der Waals surface area (Å²) in [5.41, 5.74) is 7.15. The van der Waals surface area contributed by atoms with E-state index < -0.39 is 0 Å². The quantitative estimate of drug-likeness (QED) is 0.879. The van der Waals surface area contributed by atoms with Crippen LogP contribution in [0.3, 0.4) is 0 Å². The smallest absolute Gasteiger partial charge is 0.0720 e. The number of fused-ring (bicyclic) bond motifs is 1. The first kappa shape index (κ1) is 11.9. The number of nitrogens with two attached hydrogens (primary N) is 1. The molecule has 16 heavy (non-hydrogen) atoms. The van der Waals surface area contributed by atoms with E-state index in [2.05, 4.69) is 24.3 Å². The normalized spacial score (nSPS) is 35.3. The highest BCUT2D eigenvalue weighted by molar-refractivity contribution is 5.85. The number of benzene rings is 1. The lowest BCUT2D eigenvalue weighted by atomic mass is 10.2. The third-order valence-corrected chi connectivity index (χ3v) is 3.80. The Kier molecular flexibility index (Phi) is 3.53. The van der Waals surface area contributed by atoms with E-state index in [0.717, 1.165) is 18.4 Å². The van der Waals surface area contributed by atoms with Crippen LogP contribution in [0.15, 0.2) is 30.3 Å². The zero-order chi connectivity index (χ0) is 10.3. The van der Waals surface area contributed by atoms with Crippen molar-refractivity contribution in [2.45, 2.75) is 31.6 Å². The van der Waals surface area contributed by atoms with Gasteiger partial charge < -0.3 is 10.5 Å². The van der Waals surface area contributed by atoms with Gasteiger partial charge in [-0.15, -0.1) is 12.4 Å². The van der Waals surface area contributed by atoms with E-state index in [9.17, 15) is 0 Å². The summed E-state index contributed by atoms with van der Waals surface area (Å²) in [5.74, 6) is 1.54. The van der Waals surface area contributed by atoms with Crippen LogP contribution in [-0.4, -0.2) is 12.1 Å². The molecule has 3 rings (SSSR count). The fourth-order valence-electron chi connectivity index (χ4n) is 2.77. The highest BCUT2D eigenvalue weighted by atomic mass is 35.5. The fraction of sp³-hybridized carbons (Fsp3) is 0.538. The van der Waals surface area contributed by atoms with Crippen molar-refractivity contribution in [2.75, 3.05) is 0 Å². The van der Waals surface area contributed by atoms with Gasteiger partial charge in [-0.3, -0.25) is 0 Å². The van der Waals surface area contributed by atoms with Crippen molar-refractivity contribution < 1.29 is 4.74 Å². The van der Waals surface area contributed by atoms with E-state index in [0.29, 0.717) is 12.1 Å². The van der Waals surface area contributed by atoms with Crippen LogP contribution in [0.1, 0.15) is 18.4 Å². The van der Waals surface area contributed by atoms with Crippen LogP contribution in [0.5, 0.6) is 0 Å². The Morgan fingerprint density at radius 1 is 1.12 bits per heavy atom. The monoisotopic (exact) mass is 239 g/mol. The minimum Gasteiger partial charge on any atom is -0.374 e. The van der Waals surface area contributed by atoms with Crippen LogP contribution in [0.25, 0.3) is 0 Å². The van der Waals surface area contributed by atoms with Crippen LogP contribution in [-0.2, 0) is 11.3 Å². The van der Waals surface area contributed by atoms with Crippen molar-refractivity contribution >= 4 is 12.4 Å². The van der Waals surface area contributed by atoms with Crippen molar-refractivity contribution in [3.63, 3.8) is 0 Å². The highest BCUT2D eigenvalue weighted by Crippen LogP contribution is 2.51. The first-order valence-electron chi connectivity index (χ1n) is 5.75. The first-order chi connectivity index (χ1) is 7.34. The summed E-state index contributed by atoms with van der Waals surface area (Å²) < 4.78 is 5.88. The first-order valence-corrected chi connectivity index (χ1v) is 5.75. The summed E-state index contributed by atoms with van der Waals surface area (Å²) in [4.78, 5) is 0. The summed E-state index contributed by atoms with van der Waals surface area (Å²) in [7, 11) is 0. The lowest BCUT2D eigenvalue weighted by Crippen LogP contribution is -2.17. The van der Waals surface area contributed by atoms with Gasteiger partial charge in [-0.25, -0.2) is 0 Å². The standard InChI is InChI=1S/C13H17NO.ClH/c14-13-11-6-10(7-12(11)13)15-8-9-4-2-1-3-5-9;/h1-5,10-13H,6-8,14H2;1H. The fourth-order valence-corrected chi connectivity index (χ4v) is 2.77. The van der Waals surface area contributed by atoms with Crippen molar-refractivity contribution in [3.8, 4) is 0 Å². The molecule has 2 N–H and O–H groups in total. The second-order valence-corrected chi connectivity index (χ2v) is 4.80. The minimum atomic E-state index is 0. The van der Waals surface area contributed by atoms with Crippen LogP contribution in [0.2, 0.25) is 0 Å². The average molecular weight is 240 g/mol. The second kappa shape index (κ2) is 4.74. The molecule has 88 valence electrons. The number of hydrogen-bond donors (Lipinski definition) is 1. The average Bonchev–Trinajstić information content (AvgIpc) is 2.74. The summed E-state index contributed by atoms with van der Waals surface area (Å²) in [6, 6.07) is 10.9. The largest absolute Gasteiger partial charge is 0.374 e. The molecule has 0 spiro atoms. The Labute approximate surface area is 103 Å². The highest BCUT2D eigenvalue weighted by Gasteiger charge is 2.54. The van der Waals surface area contributed by atoms with Gasteiger partial charge in [0.15, 0.2) is 0 Å². The zero-order valence-electron chi connectivity index (χ0n) is 9.21. The Balaban J connectivity index is 0.000000963. The van der Waals surface area contributed by atoms with E-state index >= 15 is 0 Å². The molecule has 0 aliphatic heterocycles.